The molecule has 0 aliphatic rings. The molecule has 2 aromatic heterocycles. The normalized spacial score (nSPS) is 14.4. The fourth-order valence-corrected chi connectivity index (χ4v) is 3.92. The number of rotatable bonds is 13. The third kappa shape index (κ3) is 7.31. The Morgan fingerprint density at radius 2 is 1.65 bits per heavy atom. The summed E-state index contributed by atoms with van der Waals surface area (Å²) in [6.07, 6.45) is 4.68. The molecule has 14 heteroatoms. The minimum absolute atomic E-state index is 0.0576. The first-order valence-corrected chi connectivity index (χ1v) is 12.0. The molecule has 3 rings (SSSR count). The Morgan fingerprint density at radius 3 is 2.30 bits per heavy atom. The van der Waals surface area contributed by atoms with Gasteiger partial charge in [0.05, 0.1) is 19.0 Å². The molecule has 0 aliphatic carbocycles. The van der Waals surface area contributed by atoms with E-state index in [4.69, 9.17) is 5.73 Å². The van der Waals surface area contributed by atoms with Gasteiger partial charge >= 0.3 is 5.97 Å². The van der Waals surface area contributed by atoms with Crippen LogP contribution < -0.4 is 21.7 Å². The van der Waals surface area contributed by atoms with E-state index in [0.717, 1.165) is 16.5 Å². The molecule has 3 amide bonds. The Balaban J connectivity index is 1.57. The molecule has 0 spiro atoms. The summed E-state index contributed by atoms with van der Waals surface area (Å²) in [4.78, 5) is 59.2. The number of thiol groups is 1. The molecular formula is C23H29N7O6S. The summed E-state index contributed by atoms with van der Waals surface area (Å²) in [5, 5.41) is 27.1. The highest BCUT2D eigenvalue weighted by atomic mass is 32.1. The number of imidazole rings is 1. The van der Waals surface area contributed by atoms with Crippen LogP contribution in [0.4, 0.5) is 0 Å². The molecule has 0 radical (unpaired) electrons. The predicted octanol–water partition coefficient (Wildman–Crippen LogP) is -1.54. The van der Waals surface area contributed by atoms with E-state index in [1.54, 1.807) is 6.20 Å². The number of aromatic amines is 2. The van der Waals surface area contributed by atoms with Crippen molar-refractivity contribution in [3.63, 3.8) is 0 Å². The number of nitrogens with zero attached hydrogens (tertiary/aromatic N) is 1. The number of H-pyrrole nitrogens is 2. The summed E-state index contributed by atoms with van der Waals surface area (Å²) >= 11 is 4.06. The van der Waals surface area contributed by atoms with Crippen molar-refractivity contribution < 1.29 is 29.4 Å². The van der Waals surface area contributed by atoms with Gasteiger partial charge < -0.3 is 41.9 Å². The Kier molecular flexibility index (Phi) is 9.65. The Labute approximate surface area is 217 Å². The number of aromatic nitrogens is 3. The third-order valence-corrected chi connectivity index (χ3v) is 6.04. The Bertz CT molecular complexity index is 1230. The summed E-state index contributed by atoms with van der Waals surface area (Å²) in [6, 6.07) is 2.60. The van der Waals surface area contributed by atoms with Gasteiger partial charge in [-0.15, -0.1) is 0 Å². The molecule has 4 unspecified atom stereocenters. The quantitative estimate of drug-likeness (QED) is 0.118. The number of aliphatic hydroxyl groups is 1. The second kappa shape index (κ2) is 12.9. The van der Waals surface area contributed by atoms with Crippen molar-refractivity contribution in [3.05, 3.63) is 54.2 Å². The molecule has 4 atom stereocenters. The third-order valence-electron chi connectivity index (χ3n) is 5.68. The van der Waals surface area contributed by atoms with Crippen LogP contribution >= 0.6 is 12.6 Å². The van der Waals surface area contributed by atoms with Gasteiger partial charge in [-0.1, -0.05) is 18.2 Å². The van der Waals surface area contributed by atoms with Crippen molar-refractivity contribution in [2.45, 2.75) is 37.0 Å². The van der Waals surface area contributed by atoms with E-state index in [1.807, 2.05) is 24.3 Å². The van der Waals surface area contributed by atoms with E-state index >= 15 is 0 Å². The van der Waals surface area contributed by atoms with Gasteiger partial charge in [0.25, 0.3) is 0 Å². The number of nitrogens with two attached hydrogens (primary N) is 1. The molecule has 198 valence electrons. The van der Waals surface area contributed by atoms with Crippen LogP contribution in [0.2, 0.25) is 0 Å². The smallest absolute Gasteiger partial charge is 0.326 e. The minimum atomic E-state index is -1.39. The lowest BCUT2D eigenvalue weighted by molar-refractivity contribution is -0.142. The van der Waals surface area contributed by atoms with Crippen molar-refractivity contribution in [3.8, 4) is 0 Å². The standard InChI is InChI=1S/C23H29N7O6S/c24-15(5-12-7-26-16-4-2-1-3-14(12)16)20(32)29-18(9-31)21(33)30-19(10-37)22(34)28-17(23(35)36)6-13-8-25-11-27-13/h1-4,7-8,11,15,17-19,26,31,37H,5-6,9-10,24H2,(H,25,27)(H,28,34)(H,29,32)(H,30,33)(H,35,36). The second-order valence-corrected chi connectivity index (χ2v) is 8.70. The van der Waals surface area contributed by atoms with Crippen LogP contribution in [0.15, 0.2) is 43.0 Å². The van der Waals surface area contributed by atoms with Crippen molar-refractivity contribution in [1.29, 1.82) is 0 Å². The number of aliphatic hydroxyl groups excluding tert-OH is 1. The number of nitrogens with one attached hydrogen (secondary N) is 5. The highest BCUT2D eigenvalue weighted by molar-refractivity contribution is 7.80. The molecule has 13 nitrogen and oxygen atoms in total. The first-order valence-electron chi connectivity index (χ1n) is 11.4. The maximum atomic E-state index is 12.7. The zero-order valence-corrected chi connectivity index (χ0v) is 20.6. The van der Waals surface area contributed by atoms with Crippen LogP contribution in [0.3, 0.4) is 0 Å². The van der Waals surface area contributed by atoms with Crippen LogP contribution in [0.25, 0.3) is 10.9 Å². The molecule has 0 aliphatic heterocycles. The first kappa shape index (κ1) is 27.7. The monoisotopic (exact) mass is 531 g/mol. The number of amides is 3. The number of aliphatic carboxylic acids is 1. The summed E-state index contributed by atoms with van der Waals surface area (Å²) in [6.45, 7) is -0.754. The van der Waals surface area contributed by atoms with Gasteiger partial charge in [0.2, 0.25) is 17.7 Å². The van der Waals surface area contributed by atoms with E-state index in [2.05, 4.69) is 43.5 Å². The number of para-hydroxylation sites is 1. The number of fused-ring (bicyclic) bond motifs is 1. The van der Waals surface area contributed by atoms with Crippen LogP contribution in [-0.2, 0) is 32.0 Å². The number of carbonyl (C=O) groups excluding carboxylic acids is 3. The lowest BCUT2D eigenvalue weighted by Crippen LogP contribution is -2.58. The molecule has 0 bridgehead atoms. The average Bonchev–Trinajstić information content (AvgIpc) is 3.55. The molecule has 2 heterocycles. The zero-order valence-electron chi connectivity index (χ0n) is 19.7. The van der Waals surface area contributed by atoms with Gasteiger partial charge in [-0.05, 0) is 18.1 Å². The fourth-order valence-electron chi connectivity index (χ4n) is 3.66. The van der Waals surface area contributed by atoms with E-state index in [-0.39, 0.29) is 18.6 Å². The van der Waals surface area contributed by atoms with E-state index in [9.17, 15) is 29.4 Å². The van der Waals surface area contributed by atoms with Crippen LogP contribution in [-0.4, -0.2) is 85.4 Å². The highest BCUT2D eigenvalue weighted by Gasteiger charge is 2.30. The van der Waals surface area contributed by atoms with Gasteiger partial charge in [0.15, 0.2) is 0 Å². The zero-order chi connectivity index (χ0) is 26.9. The van der Waals surface area contributed by atoms with Crippen molar-refractivity contribution in [2.75, 3.05) is 12.4 Å². The summed E-state index contributed by atoms with van der Waals surface area (Å²) in [5.74, 6) is -3.77. The van der Waals surface area contributed by atoms with Crippen molar-refractivity contribution in [1.82, 2.24) is 30.9 Å². The molecule has 37 heavy (non-hydrogen) atoms. The summed E-state index contributed by atoms with van der Waals surface area (Å²) in [7, 11) is 0. The molecule has 0 saturated heterocycles. The molecule has 1 aromatic carbocycles. The number of carbonyl (C=O) groups is 4. The highest BCUT2D eigenvalue weighted by Crippen LogP contribution is 2.18. The van der Waals surface area contributed by atoms with Gasteiger partial charge in [0, 0.05) is 41.2 Å². The maximum absolute atomic E-state index is 12.7. The van der Waals surface area contributed by atoms with E-state index in [0.29, 0.717) is 5.69 Å². The fraction of sp³-hybridized carbons (Fsp3) is 0.348. The van der Waals surface area contributed by atoms with E-state index in [1.165, 1.54) is 12.5 Å². The van der Waals surface area contributed by atoms with Crippen molar-refractivity contribution in [2.24, 2.45) is 5.73 Å². The average molecular weight is 532 g/mol. The Hall–Kier alpha value is -3.88. The number of carboxylic acid groups (broad SMARTS) is 1. The van der Waals surface area contributed by atoms with Crippen LogP contribution in [0, 0.1) is 0 Å². The maximum Gasteiger partial charge on any atom is 0.326 e. The molecule has 3 aromatic rings. The topological polar surface area (TPSA) is 215 Å². The lowest BCUT2D eigenvalue weighted by Gasteiger charge is -2.23. The van der Waals surface area contributed by atoms with Crippen molar-refractivity contribution >= 4 is 47.2 Å². The van der Waals surface area contributed by atoms with E-state index < -0.39 is 54.5 Å². The van der Waals surface area contributed by atoms with Crippen LogP contribution in [0.1, 0.15) is 11.3 Å². The van der Waals surface area contributed by atoms with Crippen LogP contribution in [0.5, 0.6) is 0 Å². The van der Waals surface area contributed by atoms with Gasteiger partial charge in [-0.3, -0.25) is 14.4 Å². The lowest BCUT2D eigenvalue weighted by atomic mass is 10.0. The Morgan fingerprint density at radius 1 is 0.973 bits per heavy atom. The van der Waals surface area contributed by atoms with Gasteiger partial charge in [-0.2, -0.15) is 12.6 Å². The molecule has 0 fully saturated rings. The summed E-state index contributed by atoms with van der Waals surface area (Å²) < 4.78 is 0. The molecule has 9 N–H and O–H groups in total. The number of hydrogen-bond acceptors (Lipinski definition) is 8. The number of hydrogen-bond donors (Lipinski definition) is 9. The molecule has 0 saturated carbocycles. The molecular weight excluding hydrogens is 502 g/mol. The number of benzene rings is 1. The SMILES string of the molecule is NC(Cc1c[nH]c2ccccc12)C(=O)NC(CO)C(=O)NC(CS)C(=O)NC(Cc1cnc[nH]1)C(=O)O. The largest absolute Gasteiger partial charge is 0.480 e. The van der Waals surface area contributed by atoms with Gasteiger partial charge in [0.1, 0.15) is 18.1 Å². The number of carboxylic acids is 1. The van der Waals surface area contributed by atoms with Gasteiger partial charge in [-0.25, -0.2) is 9.78 Å². The summed E-state index contributed by atoms with van der Waals surface area (Å²) in [5.41, 5.74) is 8.24. The minimum Gasteiger partial charge on any atom is -0.480 e. The second-order valence-electron chi connectivity index (χ2n) is 8.34. The first-order chi connectivity index (χ1) is 17.7. The predicted molar refractivity (Wildman–Crippen MR) is 137 cm³/mol.